The Bertz CT molecular complexity index is 1060. The van der Waals surface area contributed by atoms with Crippen LogP contribution in [0.2, 0.25) is 0 Å². The molecule has 0 atom stereocenters. The van der Waals surface area contributed by atoms with Gasteiger partial charge in [-0.15, -0.1) is 6.58 Å². The second kappa shape index (κ2) is 7.48. The molecule has 2 aromatic rings. The van der Waals surface area contributed by atoms with E-state index in [-0.39, 0.29) is 16.7 Å². The van der Waals surface area contributed by atoms with E-state index in [1.807, 2.05) is 0 Å². The van der Waals surface area contributed by atoms with Crippen LogP contribution in [0.4, 0.5) is 0 Å². The molecule has 1 spiro atoms. The third-order valence-corrected chi connectivity index (χ3v) is 7.39. The number of nitrogens with two attached hydrogens (primary N) is 1. The van der Waals surface area contributed by atoms with Gasteiger partial charge in [0.15, 0.2) is 5.16 Å². The summed E-state index contributed by atoms with van der Waals surface area (Å²) in [6.45, 7) is 8.41. The molecule has 2 N–H and O–H groups in total. The first-order valence-electron chi connectivity index (χ1n) is 10.1. The molecule has 6 heteroatoms. The van der Waals surface area contributed by atoms with Crippen LogP contribution < -0.4 is 11.3 Å². The first-order valence-corrected chi connectivity index (χ1v) is 11.1. The summed E-state index contributed by atoms with van der Waals surface area (Å²) in [5, 5.41) is 0.536. The Labute approximate surface area is 175 Å². The number of nitrogens with zero attached hydrogens (tertiary/aromatic N) is 2. The van der Waals surface area contributed by atoms with Crippen molar-refractivity contribution in [3.63, 3.8) is 0 Å². The van der Waals surface area contributed by atoms with Crippen LogP contribution in [0.5, 0.6) is 0 Å². The smallest absolute Gasteiger partial charge is 0.258 e. The van der Waals surface area contributed by atoms with E-state index in [0.29, 0.717) is 11.7 Å². The number of hydrogen-bond donors (Lipinski definition) is 1. The fraction of sp³-hybridized carbons (Fsp3) is 0.435. The maximum absolute atomic E-state index is 13.8. The summed E-state index contributed by atoms with van der Waals surface area (Å²) in [7, 11) is 0. The zero-order valence-corrected chi connectivity index (χ0v) is 17.9. The highest BCUT2D eigenvalue weighted by Crippen LogP contribution is 2.51. The summed E-state index contributed by atoms with van der Waals surface area (Å²) in [5.41, 5.74) is 11.7. The number of fused-ring (bicyclic) bond motifs is 4. The van der Waals surface area contributed by atoms with E-state index in [0.717, 1.165) is 54.5 Å². The van der Waals surface area contributed by atoms with E-state index < -0.39 is 5.91 Å². The van der Waals surface area contributed by atoms with Crippen LogP contribution in [0.1, 0.15) is 47.9 Å². The minimum absolute atomic E-state index is 0.00956. The van der Waals surface area contributed by atoms with Crippen LogP contribution in [0.3, 0.4) is 0 Å². The largest absolute Gasteiger partial charge is 0.369 e. The van der Waals surface area contributed by atoms with Gasteiger partial charge >= 0.3 is 0 Å². The van der Waals surface area contributed by atoms with Crippen molar-refractivity contribution in [2.75, 3.05) is 5.75 Å². The third kappa shape index (κ3) is 3.23. The first kappa shape index (κ1) is 20.0. The van der Waals surface area contributed by atoms with Crippen LogP contribution in [0.15, 0.2) is 34.7 Å². The zero-order valence-electron chi connectivity index (χ0n) is 17.1. The molecule has 152 valence electrons. The highest BCUT2D eigenvalue weighted by atomic mass is 32.2. The number of aromatic nitrogens is 2. The Morgan fingerprint density at radius 1 is 1.31 bits per heavy atom. The molecular formula is C23H27N3O2S. The maximum atomic E-state index is 13.8. The van der Waals surface area contributed by atoms with Crippen molar-refractivity contribution in [3.05, 3.63) is 57.4 Å². The van der Waals surface area contributed by atoms with E-state index in [1.165, 1.54) is 22.9 Å². The van der Waals surface area contributed by atoms with E-state index in [9.17, 15) is 9.59 Å². The topological polar surface area (TPSA) is 78.0 Å². The minimum Gasteiger partial charge on any atom is -0.369 e. The molecule has 1 aromatic heterocycles. The number of benzene rings is 1. The lowest BCUT2D eigenvalue weighted by atomic mass is 9.67. The molecule has 1 fully saturated rings. The SMILES string of the molecule is C=CCn1c(SCC(N)=O)nc2c(c1=O)C1(CCCC1)Cc1c(C)ccc(C)c1-2. The van der Waals surface area contributed by atoms with Crippen molar-refractivity contribution < 1.29 is 4.79 Å². The quantitative estimate of drug-likeness (QED) is 0.464. The van der Waals surface area contributed by atoms with Gasteiger partial charge in [0.05, 0.1) is 17.0 Å². The Balaban J connectivity index is 2.05. The van der Waals surface area contributed by atoms with Gasteiger partial charge in [0, 0.05) is 17.5 Å². The normalized spacial score (nSPS) is 16.5. The lowest BCUT2D eigenvalue weighted by Gasteiger charge is -2.37. The van der Waals surface area contributed by atoms with Crippen LogP contribution in [-0.4, -0.2) is 21.2 Å². The van der Waals surface area contributed by atoms with Gasteiger partial charge in [0.1, 0.15) is 0 Å². The predicted molar refractivity (Wildman–Crippen MR) is 117 cm³/mol. The second-order valence-corrected chi connectivity index (χ2v) is 9.24. The third-order valence-electron chi connectivity index (χ3n) is 6.39. The van der Waals surface area contributed by atoms with Gasteiger partial charge in [0.2, 0.25) is 5.91 Å². The number of primary amides is 1. The highest BCUT2D eigenvalue weighted by Gasteiger charge is 2.45. The number of carbonyl (C=O) groups excluding carboxylic acids is 1. The van der Waals surface area contributed by atoms with Gasteiger partial charge in [-0.2, -0.15) is 0 Å². The number of hydrogen-bond acceptors (Lipinski definition) is 4. The average molecular weight is 410 g/mol. The van der Waals surface area contributed by atoms with Crippen LogP contribution in [-0.2, 0) is 23.2 Å². The number of thioether (sulfide) groups is 1. The van der Waals surface area contributed by atoms with Gasteiger partial charge in [-0.05, 0) is 49.8 Å². The van der Waals surface area contributed by atoms with E-state index >= 15 is 0 Å². The standard InChI is InChI=1S/C23H27N3O2S/c1-4-11-26-21(28)19-20(25-22(26)29-13-17(24)27)18-15(3)8-7-14(2)16(18)12-23(19)9-5-6-10-23/h4,7-8H,1,5-6,9-13H2,2-3H3,(H2,24,27). The number of carbonyl (C=O) groups is 1. The summed E-state index contributed by atoms with van der Waals surface area (Å²) >= 11 is 1.23. The monoisotopic (exact) mass is 409 g/mol. The van der Waals surface area contributed by atoms with Gasteiger partial charge in [-0.1, -0.05) is 42.8 Å². The molecule has 1 amide bonds. The highest BCUT2D eigenvalue weighted by molar-refractivity contribution is 7.99. The lowest BCUT2D eigenvalue weighted by Crippen LogP contribution is -2.40. The number of rotatable bonds is 5. The summed E-state index contributed by atoms with van der Waals surface area (Å²) in [6.07, 6.45) is 6.92. The molecule has 0 unspecified atom stereocenters. The molecule has 0 bridgehead atoms. The molecule has 1 aromatic carbocycles. The zero-order chi connectivity index (χ0) is 20.8. The van der Waals surface area contributed by atoms with Crippen molar-refractivity contribution in [1.29, 1.82) is 0 Å². The van der Waals surface area contributed by atoms with Crippen molar-refractivity contribution >= 4 is 17.7 Å². The maximum Gasteiger partial charge on any atom is 0.258 e. The molecule has 0 radical (unpaired) electrons. The molecule has 0 aliphatic heterocycles. The molecule has 2 aliphatic rings. The molecule has 1 saturated carbocycles. The van der Waals surface area contributed by atoms with Crippen molar-refractivity contribution in [2.24, 2.45) is 5.73 Å². The summed E-state index contributed by atoms with van der Waals surface area (Å²) in [4.78, 5) is 30.2. The van der Waals surface area contributed by atoms with Gasteiger partial charge in [-0.25, -0.2) is 4.98 Å². The van der Waals surface area contributed by atoms with Crippen molar-refractivity contribution in [2.45, 2.75) is 63.1 Å². The Hall–Kier alpha value is -2.34. The average Bonchev–Trinajstić information content (AvgIpc) is 3.13. The van der Waals surface area contributed by atoms with E-state index in [4.69, 9.17) is 10.7 Å². The van der Waals surface area contributed by atoms with Crippen molar-refractivity contribution in [1.82, 2.24) is 9.55 Å². The number of aryl methyl sites for hydroxylation is 2. The molecule has 29 heavy (non-hydrogen) atoms. The Morgan fingerprint density at radius 2 is 2.00 bits per heavy atom. The second-order valence-electron chi connectivity index (χ2n) is 8.29. The van der Waals surface area contributed by atoms with E-state index in [2.05, 4.69) is 32.6 Å². The van der Waals surface area contributed by atoms with Gasteiger partial charge in [-0.3, -0.25) is 14.2 Å². The lowest BCUT2D eigenvalue weighted by molar-refractivity contribution is -0.115. The number of amides is 1. The predicted octanol–water partition coefficient (Wildman–Crippen LogP) is 3.66. The molecule has 4 rings (SSSR count). The summed E-state index contributed by atoms with van der Waals surface area (Å²) in [5.74, 6) is -0.334. The summed E-state index contributed by atoms with van der Waals surface area (Å²) < 4.78 is 1.66. The Kier molecular flexibility index (Phi) is 5.15. The minimum atomic E-state index is -0.424. The molecule has 5 nitrogen and oxygen atoms in total. The molecule has 2 aliphatic carbocycles. The summed E-state index contributed by atoms with van der Waals surface area (Å²) in [6, 6.07) is 4.28. The van der Waals surface area contributed by atoms with Crippen LogP contribution in [0.25, 0.3) is 11.3 Å². The van der Waals surface area contributed by atoms with Crippen molar-refractivity contribution in [3.8, 4) is 11.3 Å². The van der Waals surface area contributed by atoms with Crippen LogP contribution in [0, 0.1) is 13.8 Å². The van der Waals surface area contributed by atoms with Crippen LogP contribution >= 0.6 is 11.8 Å². The fourth-order valence-corrected chi connectivity index (χ4v) is 5.80. The first-order chi connectivity index (χ1) is 13.9. The molecule has 0 saturated heterocycles. The van der Waals surface area contributed by atoms with E-state index in [1.54, 1.807) is 10.6 Å². The number of allylic oxidation sites excluding steroid dienone is 1. The fourth-order valence-electron chi connectivity index (χ4n) is 5.06. The van der Waals surface area contributed by atoms with Gasteiger partial charge < -0.3 is 5.73 Å². The Morgan fingerprint density at radius 3 is 2.66 bits per heavy atom. The van der Waals surface area contributed by atoms with Gasteiger partial charge in [0.25, 0.3) is 5.56 Å². The molecular weight excluding hydrogens is 382 g/mol. The molecule has 1 heterocycles.